The lowest BCUT2D eigenvalue weighted by Gasteiger charge is -2.10. The van der Waals surface area contributed by atoms with Crippen molar-refractivity contribution in [2.24, 2.45) is 0 Å². The Labute approximate surface area is 95.8 Å². The maximum atomic E-state index is 5.28. The minimum atomic E-state index is 0.901. The highest BCUT2D eigenvalue weighted by molar-refractivity contribution is 5.91. The highest BCUT2D eigenvalue weighted by Crippen LogP contribution is 2.30. The normalized spacial score (nSPS) is 10.5. The van der Waals surface area contributed by atoms with Crippen LogP contribution in [-0.4, -0.2) is 14.2 Å². The zero-order chi connectivity index (χ0) is 11.7. The summed E-state index contributed by atoms with van der Waals surface area (Å²) in [5.41, 5.74) is 2.41. The van der Waals surface area contributed by atoms with Crippen molar-refractivity contribution >= 4 is 10.8 Å². The second-order valence-electron chi connectivity index (χ2n) is 3.98. The Balaban J connectivity index is 2.78. The number of ether oxygens (including phenoxy) is 2. The lowest BCUT2D eigenvalue weighted by atomic mass is 10.0. The molecule has 0 N–H and O–H groups in total. The van der Waals surface area contributed by atoms with E-state index in [0.29, 0.717) is 0 Å². The average Bonchev–Trinajstić information content (AvgIpc) is 2.29. The molecule has 0 saturated heterocycles. The van der Waals surface area contributed by atoms with Crippen molar-refractivity contribution in [3.05, 3.63) is 35.4 Å². The molecule has 2 rings (SSSR count). The van der Waals surface area contributed by atoms with Gasteiger partial charge < -0.3 is 9.47 Å². The van der Waals surface area contributed by atoms with Gasteiger partial charge in [-0.2, -0.15) is 0 Å². The Morgan fingerprint density at radius 3 is 1.38 bits per heavy atom. The summed E-state index contributed by atoms with van der Waals surface area (Å²) in [6.07, 6.45) is 0. The largest absolute Gasteiger partial charge is 0.497 e. The summed E-state index contributed by atoms with van der Waals surface area (Å²) in [6, 6.07) is 8.22. The van der Waals surface area contributed by atoms with Crippen LogP contribution in [0.25, 0.3) is 10.8 Å². The van der Waals surface area contributed by atoms with Crippen LogP contribution in [0.15, 0.2) is 24.3 Å². The molecule has 2 aromatic carbocycles. The van der Waals surface area contributed by atoms with Gasteiger partial charge in [-0.25, -0.2) is 0 Å². The summed E-state index contributed by atoms with van der Waals surface area (Å²) in [7, 11) is 3.39. The van der Waals surface area contributed by atoms with E-state index < -0.39 is 0 Å². The molecule has 0 spiro atoms. The summed E-state index contributed by atoms with van der Waals surface area (Å²) in [6.45, 7) is 4.17. The Morgan fingerprint density at radius 1 is 0.688 bits per heavy atom. The van der Waals surface area contributed by atoms with Crippen molar-refractivity contribution in [3.8, 4) is 11.5 Å². The molecule has 0 unspecified atom stereocenters. The van der Waals surface area contributed by atoms with Gasteiger partial charge in [0.1, 0.15) is 11.5 Å². The summed E-state index contributed by atoms with van der Waals surface area (Å²) in [4.78, 5) is 0. The van der Waals surface area contributed by atoms with Crippen LogP contribution in [-0.2, 0) is 0 Å². The van der Waals surface area contributed by atoms with Crippen LogP contribution in [0.3, 0.4) is 0 Å². The average molecular weight is 216 g/mol. The van der Waals surface area contributed by atoms with Gasteiger partial charge in [-0.1, -0.05) is 0 Å². The quantitative estimate of drug-likeness (QED) is 0.765. The van der Waals surface area contributed by atoms with E-state index in [9.17, 15) is 0 Å². The van der Waals surface area contributed by atoms with Crippen LogP contribution >= 0.6 is 0 Å². The first-order valence-electron chi connectivity index (χ1n) is 5.28. The van der Waals surface area contributed by atoms with Crippen molar-refractivity contribution < 1.29 is 9.47 Å². The van der Waals surface area contributed by atoms with Crippen molar-refractivity contribution in [2.45, 2.75) is 13.8 Å². The molecule has 0 bridgehead atoms. The fourth-order valence-electron chi connectivity index (χ4n) is 1.99. The maximum absolute atomic E-state index is 5.28. The van der Waals surface area contributed by atoms with Crippen molar-refractivity contribution in [2.75, 3.05) is 14.2 Å². The molecule has 0 aliphatic rings. The second-order valence-corrected chi connectivity index (χ2v) is 3.98. The van der Waals surface area contributed by atoms with E-state index in [1.807, 2.05) is 12.1 Å². The fourth-order valence-corrected chi connectivity index (χ4v) is 1.99. The molecule has 2 nitrogen and oxygen atoms in total. The number of hydrogen-bond donors (Lipinski definition) is 0. The molecule has 2 aromatic rings. The number of benzene rings is 2. The Kier molecular flexibility index (Phi) is 2.73. The van der Waals surface area contributed by atoms with Crippen LogP contribution in [0, 0.1) is 13.8 Å². The summed E-state index contributed by atoms with van der Waals surface area (Å²) in [5, 5.41) is 2.44. The van der Waals surface area contributed by atoms with E-state index in [2.05, 4.69) is 26.0 Å². The molecule has 0 aliphatic heterocycles. The predicted octanol–water partition coefficient (Wildman–Crippen LogP) is 3.47. The molecule has 0 saturated carbocycles. The molecule has 0 heterocycles. The van der Waals surface area contributed by atoms with E-state index in [-0.39, 0.29) is 0 Å². The van der Waals surface area contributed by atoms with E-state index in [4.69, 9.17) is 9.47 Å². The standard InChI is InChI=1S/C14H16O2/c1-9-5-11(15-3)8-14-10(2)6-12(16-4)7-13(9)14/h5-8H,1-4H3. The lowest BCUT2D eigenvalue weighted by Crippen LogP contribution is -1.90. The van der Waals surface area contributed by atoms with Gasteiger partial charge in [-0.05, 0) is 60.0 Å². The van der Waals surface area contributed by atoms with E-state index in [1.165, 1.54) is 21.9 Å². The highest BCUT2D eigenvalue weighted by Gasteiger charge is 2.06. The molecule has 0 atom stereocenters. The topological polar surface area (TPSA) is 18.5 Å². The van der Waals surface area contributed by atoms with Crippen LogP contribution in [0.2, 0.25) is 0 Å². The molecular formula is C14H16O2. The lowest BCUT2D eigenvalue weighted by molar-refractivity contribution is 0.413. The first kappa shape index (κ1) is 10.8. The minimum absolute atomic E-state index is 0.901. The van der Waals surface area contributed by atoms with Crippen LogP contribution in [0.5, 0.6) is 11.5 Å². The number of aryl methyl sites for hydroxylation is 2. The van der Waals surface area contributed by atoms with Gasteiger partial charge in [-0.3, -0.25) is 0 Å². The third-order valence-corrected chi connectivity index (χ3v) is 2.90. The third kappa shape index (κ3) is 1.71. The van der Waals surface area contributed by atoms with Gasteiger partial charge >= 0.3 is 0 Å². The minimum Gasteiger partial charge on any atom is -0.497 e. The monoisotopic (exact) mass is 216 g/mol. The summed E-state index contributed by atoms with van der Waals surface area (Å²) in [5.74, 6) is 1.80. The van der Waals surface area contributed by atoms with E-state index in [1.54, 1.807) is 14.2 Å². The fraction of sp³-hybridized carbons (Fsp3) is 0.286. The zero-order valence-corrected chi connectivity index (χ0v) is 10.1. The van der Waals surface area contributed by atoms with Gasteiger partial charge in [0.05, 0.1) is 14.2 Å². The Hall–Kier alpha value is -1.70. The highest BCUT2D eigenvalue weighted by atomic mass is 16.5. The van der Waals surface area contributed by atoms with E-state index in [0.717, 1.165) is 11.5 Å². The summed E-state index contributed by atoms with van der Waals surface area (Å²) < 4.78 is 10.6. The van der Waals surface area contributed by atoms with Gasteiger partial charge in [0.15, 0.2) is 0 Å². The molecule has 0 aliphatic carbocycles. The zero-order valence-electron chi connectivity index (χ0n) is 10.1. The molecule has 16 heavy (non-hydrogen) atoms. The number of fused-ring (bicyclic) bond motifs is 1. The number of hydrogen-bond acceptors (Lipinski definition) is 2. The molecule has 0 amide bonds. The van der Waals surface area contributed by atoms with Crippen LogP contribution in [0.4, 0.5) is 0 Å². The Bertz CT molecular complexity index is 480. The molecule has 2 heteroatoms. The number of methoxy groups -OCH3 is 2. The van der Waals surface area contributed by atoms with Crippen LogP contribution < -0.4 is 9.47 Å². The summed E-state index contributed by atoms with van der Waals surface area (Å²) >= 11 is 0. The first-order valence-corrected chi connectivity index (χ1v) is 5.28. The van der Waals surface area contributed by atoms with Gasteiger partial charge in [-0.15, -0.1) is 0 Å². The second kappa shape index (κ2) is 4.05. The first-order chi connectivity index (χ1) is 7.65. The maximum Gasteiger partial charge on any atom is 0.119 e. The molecule has 0 fully saturated rings. The van der Waals surface area contributed by atoms with Crippen molar-refractivity contribution in [1.29, 1.82) is 0 Å². The smallest absolute Gasteiger partial charge is 0.119 e. The van der Waals surface area contributed by atoms with E-state index >= 15 is 0 Å². The van der Waals surface area contributed by atoms with Gasteiger partial charge in [0, 0.05) is 0 Å². The third-order valence-electron chi connectivity index (χ3n) is 2.90. The van der Waals surface area contributed by atoms with Crippen molar-refractivity contribution in [3.63, 3.8) is 0 Å². The van der Waals surface area contributed by atoms with Crippen molar-refractivity contribution in [1.82, 2.24) is 0 Å². The van der Waals surface area contributed by atoms with Gasteiger partial charge in [0.25, 0.3) is 0 Å². The van der Waals surface area contributed by atoms with Crippen LogP contribution in [0.1, 0.15) is 11.1 Å². The molecular weight excluding hydrogens is 200 g/mol. The molecule has 84 valence electrons. The van der Waals surface area contributed by atoms with Gasteiger partial charge in [0.2, 0.25) is 0 Å². The SMILES string of the molecule is COc1cc(C)c2cc(OC)cc(C)c2c1. The Morgan fingerprint density at radius 2 is 1.06 bits per heavy atom. The number of rotatable bonds is 2. The predicted molar refractivity (Wildman–Crippen MR) is 66.5 cm³/mol. The molecule has 0 radical (unpaired) electrons. The molecule has 0 aromatic heterocycles.